The van der Waals surface area contributed by atoms with E-state index in [9.17, 15) is 10.2 Å². The summed E-state index contributed by atoms with van der Waals surface area (Å²) >= 11 is 0. The summed E-state index contributed by atoms with van der Waals surface area (Å²) in [5, 5.41) is 19.3. The molecule has 82 valence electrons. The highest BCUT2D eigenvalue weighted by molar-refractivity contribution is 5.12. The maximum absolute atomic E-state index is 9.77. The monoisotopic (exact) mass is 198 g/mol. The van der Waals surface area contributed by atoms with Crippen LogP contribution in [0.3, 0.4) is 0 Å². The van der Waals surface area contributed by atoms with Gasteiger partial charge in [-0.2, -0.15) is 0 Å². The van der Waals surface area contributed by atoms with Crippen molar-refractivity contribution in [2.75, 3.05) is 0 Å². The normalized spacial score (nSPS) is 17.4. The molecule has 2 unspecified atom stereocenters. The van der Waals surface area contributed by atoms with E-state index in [1.165, 1.54) is 0 Å². The number of hydrogen-bond acceptors (Lipinski definition) is 2. The minimum absolute atomic E-state index is 0.747. The molecule has 0 aromatic carbocycles. The number of aliphatic hydroxyl groups excluding tert-OH is 2. The Kier molecular flexibility index (Phi) is 7.44. The highest BCUT2D eigenvalue weighted by Gasteiger charge is 2.15. The first-order valence-corrected chi connectivity index (χ1v) is 5.35. The van der Waals surface area contributed by atoms with Crippen LogP contribution >= 0.6 is 0 Å². The zero-order valence-corrected chi connectivity index (χ0v) is 9.40. The third kappa shape index (κ3) is 4.58. The lowest BCUT2D eigenvalue weighted by Gasteiger charge is -2.17. The van der Waals surface area contributed by atoms with Crippen molar-refractivity contribution >= 4 is 0 Å². The van der Waals surface area contributed by atoms with Crippen LogP contribution in [0.1, 0.15) is 40.0 Å². The van der Waals surface area contributed by atoms with Crippen LogP contribution in [0.5, 0.6) is 0 Å². The van der Waals surface area contributed by atoms with E-state index in [-0.39, 0.29) is 0 Å². The van der Waals surface area contributed by atoms with E-state index in [0.717, 1.165) is 24.8 Å². The van der Waals surface area contributed by atoms with Crippen molar-refractivity contribution in [3.63, 3.8) is 0 Å². The summed E-state index contributed by atoms with van der Waals surface area (Å²) < 4.78 is 0. The number of allylic oxidation sites excluding steroid dienone is 2. The number of rotatable bonds is 6. The zero-order valence-electron chi connectivity index (χ0n) is 9.40. The van der Waals surface area contributed by atoms with Crippen LogP contribution in [0.4, 0.5) is 0 Å². The van der Waals surface area contributed by atoms with Crippen molar-refractivity contribution in [3.8, 4) is 0 Å². The Morgan fingerprint density at radius 3 is 2.36 bits per heavy atom. The van der Waals surface area contributed by atoms with Gasteiger partial charge in [-0.05, 0) is 25.3 Å². The van der Waals surface area contributed by atoms with E-state index in [1.54, 1.807) is 12.2 Å². The molecule has 0 aliphatic carbocycles. The lowest BCUT2D eigenvalue weighted by atomic mass is 10.0. The topological polar surface area (TPSA) is 40.5 Å². The molecule has 0 spiro atoms. The van der Waals surface area contributed by atoms with Crippen LogP contribution in [0, 0.1) is 0 Å². The molecule has 14 heavy (non-hydrogen) atoms. The van der Waals surface area contributed by atoms with Crippen molar-refractivity contribution < 1.29 is 10.2 Å². The molecular weight excluding hydrogens is 176 g/mol. The molecule has 2 heteroatoms. The maximum Gasteiger partial charge on any atom is 0.104 e. The van der Waals surface area contributed by atoms with Crippen molar-refractivity contribution in [2.45, 2.75) is 52.2 Å². The largest absolute Gasteiger partial charge is 0.386 e. The maximum atomic E-state index is 9.77. The van der Waals surface area contributed by atoms with Crippen molar-refractivity contribution in [2.24, 2.45) is 0 Å². The summed E-state index contributed by atoms with van der Waals surface area (Å²) in [6.45, 7) is 5.92. The Bertz CT molecular complexity index is 194. The molecule has 2 N–H and O–H groups in total. The van der Waals surface area contributed by atoms with Crippen LogP contribution in [0.2, 0.25) is 0 Å². The minimum Gasteiger partial charge on any atom is -0.386 e. The summed E-state index contributed by atoms with van der Waals surface area (Å²) in [6.07, 6.45) is 6.68. The third-order valence-electron chi connectivity index (χ3n) is 2.20. The van der Waals surface area contributed by atoms with E-state index in [4.69, 9.17) is 0 Å². The molecule has 0 aliphatic heterocycles. The Morgan fingerprint density at radius 2 is 1.93 bits per heavy atom. The summed E-state index contributed by atoms with van der Waals surface area (Å²) in [7, 11) is 0. The molecule has 0 amide bonds. The van der Waals surface area contributed by atoms with Gasteiger partial charge < -0.3 is 10.2 Å². The molecule has 0 fully saturated rings. The van der Waals surface area contributed by atoms with E-state index >= 15 is 0 Å². The fraction of sp³-hybridized carbons (Fsp3) is 0.667. The molecule has 0 aliphatic rings. The molecule has 2 nitrogen and oxygen atoms in total. The van der Waals surface area contributed by atoms with Gasteiger partial charge in [-0.1, -0.05) is 38.5 Å². The first kappa shape index (κ1) is 13.4. The molecule has 0 aromatic rings. The second kappa shape index (κ2) is 7.77. The fourth-order valence-electron chi connectivity index (χ4n) is 1.33. The Hall–Kier alpha value is -0.600. The number of unbranched alkanes of at least 4 members (excludes halogenated alkanes) is 1. The summed E-state index contributed by atoms with van der Waals surface area (Å²) in [4.78, 5) is 0. The van der Waals surface area contributed by atoms with Gasteiger partial charge in [0.15, 0.2) is 0 Å². The summed E-state index contributed by atoms with van der Waals surface area (Å²) in [5.41, 5.74) is 0.928. The minimum atomic E-state index is -0.775. The highest BCUT2D eigenvalue weighted by Crippen LogP contribution is 2.13. The zero-order chi connectivity index (χ0) is 11.0. The predicted molar refractivity (Wildman–Crippen MR) is 60.1 cm³/mol. The lowest BCUT2D eigenvalue weighted by molar-refractivity contribution is 0.0710. The quantitative estimate of drug-likeness (QED) is 0.643. The van der Waals surface area contributed by atoms with Crippen molar-refractivity contribution in [1.82, 2.24) is 0 Å². The second-order valence-corrected chi connectivity index (χ2v) is 3.38. The molecular formula is C12H22O2. The summed E-state index contributed by atoms with van der Waals surface area (Å²) in [6, 6.07) is 0. The smallest absolute Gasteiger partial charge is 0.104 e. The van der Waals surface area contributed by atoms with Gasteiger partial charge in [0.1, 0.15) is 12.2 Å². The van der Waals surface area contributed by atoms with Crippen LogP contribution in [-0.2, 0) is 0 Å². The lowest BCUT2D eigenvalue weighted by Crippen LogP contribution is -2.25. The third-order valence-corrected chi connectivity index (χ3v) is 2.20. The molecule has 0 rings (SSSR count). The van der Waals surface area contributed by atoms with E-state index < -0.39 is 12.2 Å². The standard InChI is InChI=1S/C12H22O2/c1-4-7-9-10(6-3)12(14)11(13)8-5-2/h5,8-9,11-14H,4,6-7H2,1-3H3/b8-5+,10-9+. The van der Waals surface area contributed by atoms with Gasteiger partial charge in [0.2, 0.25) is 0 Å². The SMILES string of the molecule is C/C=C/C(O)C(O)/C(=C/CCC)CC. The summed E-state index contributed by atoms with van der Waals surface area (Å²) in [5.74, 6) is 0. The molecule has 0 bridgehead atoms. The van der Waals surface area contributed by atoms with Gasteiger partial charge in [-0.25, -0.2) is 0 Å². The first-order valence-electron chi connectivity index (χ1n) is 5.35. The van der Waals surface area contributed by atoms with Gasteiger partial charge in [-0.3, -0.25) is 0 Å². The molecule has 2 atom stereocenters. The second-order valence-electron chi connectivity index (χ2n) is 3.38. The van der Waals surface area contributed by atoms with Crippen LogP contribution in [0.15, 0.2) is 23.8 Å². The molecule has 0 saturated heterocycles. The highest BCUT2D eigenvalue weighted by atomic mass is 16.3. The Morgan fingerprint density at radius 1 is 1.29 bits per heavy atom. The average Bonchev–Trinajstić information content (AvgIpc) is 2.19. The van der Waals surface area contributed by atoms with Crippen LogP contribution < -0.4 is 0 Å². The van der Waals surface area contributed by atoms with Gasteiger partial charge in [0.25, 0.3) is 0 Å². The van der Waals surface area contributed by atoms with Gasteiger partial charge >= 0.3 is 0 Å². The molecule has 0 saturated carbocycles. The van der Waals surface area contributed by atoms with E-state index in [2.05, 4.69) is 6.92 Å². The van der Waals surface area contributed by atoms with Gasteiger partial charge in [0, 0.05) is 0 Å². The fourth-order valence-corrected chi connectivity index (χ4v) is 1.33. The average molecular weight is 198 g/mol. The van der Waals surface area contributed by atoms with E-state index in [1.807, 2.05) is 19.9 Å². The van der Waals surface area contributed by atoms with Gasteiger partial charge in [-0.15, -0.1) is 0 Å². The predicted octanol–water partition coefficient (Wildman–Crippen LogP) is 2.42. The van der Waals surface area contributed by atoms with Gasteiger partial charge in [0.05, 0.1) is 0 Å². The van der Waals surface area contributed by atoms with E-state index in [0.29, 0.717) is 0 Å². The first-order chi connectivity index (χ1) is 6.67. The number of aliphatic hydroxyl groups is 2. The molecule has 0 heterocycles. The van der Waals surface area contributed by atoms with Crippen LogP contribution in [-0.4, -0.2) is 22.4 Å². The molecule has 0 aromatic heterocycles. The van der Waals surface area contributed by atoms with Crippen LogP contribution in [0.25, 0.3) is 0 Å². The number of hydrogen-bond donors (Lipinski definition) is 2. The Balaban J connectivity index is 4.36. The molecule has 0 radical (unpaired) electrons. The van der Waals surface area contributed by atoms with Crippen molar-refractivity contribution in [1.29, 1.82) is 0 Å². The van der Waals surface area contributed by atoms with Crippen molar-refractivity contribution in [3.05, 3.63) is 23.8 Å². The Labute approximate surface area is 87.0 Å².